The average Bonchev–Trinajstić information content (AvgIpc) is 3.32. The summed E-state index contributed by atoms with van der Waals surface area (Å²) in [7, 11) is -2.60. The van der Waals surface area contributed by atoms with Gasteiger partial charge >= 0.3 is 0 Å². The monoisotopic (exact) mass is 433 g/mol. The Labute approximate surface area is 172 Å². The zero-order chi connectivity index (χ0) is 21.3. The Morgan fingerprint density at radius 1 is 1.17 bits per heavy atom. The zero-order valence-electron chi connectivity index (χ0n) is 16.2. The van der Waals surface area contributed by atoms with Gasteiger partial charge in [-0.1, -0.05) is 6.42 Å². The smallest absolute Gasteiger partial charge is 0.291 e. The molecule has 0 aliphatic carbocycles. The van der Waals surface area contributed by atoms with Crippen LogP contribution in [0.15, 0.2) is 39.8 Å². The highest BCUT2D eigenvalue weighted by Crippen LogP contribution is 2.27. The van der Waals surface area contributed by atoms with Crippen LogP contribution in [0.1, 0.15) is 35.6 Å². The minimum absolute atomic E-state index is 0.0714. The summed E-state index contributed by atoms with van der Waals surface area (Å²) >= 11 is 0. The lowest BCUT2D eigenvalue weighted by Gasteiger charge is -2.10. The van der Waals surface area contributed by atoms with Crippen molar-refractivity contribution < 1.29 is 22.0 Å². The van der Waals surface area contributed by atoms with Crippen LogP contribution in [0.5, 0.6) is 0 Å². The molecule has 2 N–H and O–H groups in total. The number of aryl methyl sites for hydroxylation is 1. The first-order chi connectivity index (χ1) is 14.4. The van der Waals surface area contributed by atoms with Crippen molar-refractivity contribution in [2.75, 3.05) is 12.4 Å². The summed E-state index contributed by atoms with van der Waals surface area (Å²) in [4.78, 5) is 12.5. The van der Waals surface area contributed by atoms with Crippen molar-refractivity contribution in [2.45, 2.75) is 37.3 Å². The van der Waals surface area contributed by atoms with Crippen molar-refractivity contribution in [1.82, 2.24) is 19.5 Å². The Balaban J connectivity index is 1.60. The standard InChI is InChI=1S/C19H20FN5O4S/c1-21-30(27,28)17-9-8-15(29-17)19(26)22-14-11-12(6-7-13(14)20)18-24-23-16-5-3-2-4-10-25(16)18/h6-9,11,21H,2-5,10H2,1H3,(H,22,26). The van der Waals surface area contributed by atoms with Crippen molar-refractivity contribution in [3.8, 4) is 11.4 Å². The average molecular weight is 433 g/mol. The molecular formula is C19H20FN5O4S. The number of fused-ring (bicyclic) bond motifs is 1. The van der Waals surface area contributed by atoms with Crippen LogP contribution >= 0.6 is 0 Å². The fourth-order valence-corrected chi connectivity index (χ4v) is 3.98. The number of furan rings is 1. The lowest BCUT2D eigenvalue weighted by Crippen LogP contribution is -2.18. The number of sulfonamides is 1. The third kappa shape index (κ3) is 3.85. The molecule has 0 radical (unpaired) electrons. The molecule has 1 aliphatic rings. The largest absolute Gasteiger partial charge is 0.438 e. The summed E-state index contributed by atoms with van der Waals surface area (Å²) < 4.78 is 47.1. The minimum atomic E-state index is -3.83. The van der Waals surface area contributed by atoms with E-state index in [1.807, 2.05) is 4.57 Å². The second-order valence-corrected chi connectivity index (χ2v) is 8.69. The molecule has 2 aromatic heterocycles. The number of hydrogen-bond acceptors (Lipinski definition) is 6. The lowest BCUT2D eigenvalue weighted by atomic mass is 10.1. The first-order valence-corrected chi connectivity index (χ1v) is 10.9. The number of hydrogen-bond donors (Lipinski definition) is 2. The van der Waals surface area contributed by atoms with Crippen molar-refractivity contribution in [3.05, 3.63) is 47.7 Å². The highest BCUT2D eigenvalue weighted by molar-refractivity contribution is 7.89. The second kappa shape index (κ2) is 8.00. The summed E-state index contributed by atoms with van der Waals surface area (Å²) in [6.45, 7) is 0.784. The van der Waals surface area contributed by atoms with Gasteiger partial charge in [0.05, 0.1) is 5.69 Å². The van der Waals surface area contributed by atoms with Crippen LogP contribution in [-0.2, 0) is 23.0 Å². The molecule has 158 valence electrons. The summed E-state index contributed by atoms with van der Waals surface area (Å²) in [6.07, 6.45) is 4.02. The van der Waals surface area contributed by atoms with Crippen LogP contribution in [-0.4, -0.2) is 36.1 Å². The number of nitrogens with one attached hydrogen (secondary N) is 2. The number of benzene rings is 1. The van der Waals surface area contributed by atoms with Gasteiger partial charge in [0.25, 0.3) is 15.9 Å². The Bertz CT molecular complexity index is 1200. The highest BCUT2D eigenvalue weighted by atomic mass is 32.2. The van der Waals surface area contributed by atoms with Gasteiger partial charge in [0.2, 0.25) is 5.09 Å². The highest BCUT2D eigenvalue weighted by Gasteiger charge is 2.21. The van der Waals surface area contributed by atoms with Crippen molar-refractivity contribution in [1.29, 1.82) is 0 Å². The number of carbonyl (C=O) groups is 1. The van der Waals surface area contributed by atoms with Crippen molar-refractivity contribution >= 4 is 21.6 Å². The number of anilines is 1. The van der Waals surface area contributed by atoms with Gasteiger partial charge in [0, 0.05) is 18.5 Å². The maximum atomic E-state index is 14.3. The molecule has 3 aromatic rings. The number of nitrogens with zero attached hydrogens (tertiary/aromatic N) is 3. The molecular weight excluding hydrogens is 413 g/mol. The molecule has 0 atom stereocenters. The fourth-order valence-electron chi connectivity index (χ4n) is 3.33. The molecule has 1 aromatic carbocycles. The van der Waals surface area contributed by atoms with Gasteiger partial charge in [-0.15, -0.1) is 10.2 Å². The normalized spacial score (nSPS) is 14.2. The third-order valence-electron chi connectivity index (χ3n) is 4.92. The predicted molar refractivity (Wildman–Crippen MR) is 106 cm³/mol. The van der Waals surface area contributed by atoms with E-state index in [4.69, 9.17) is 4.42 Å². The Hall–Kier alpha value is -3.05. The quantitative estimate of drug-likeness (QED) is 0.638. The molecule has 0 unspecified atom stereocenters. The van der Waals surface area contributed by atoms with Gasteiger partial charge in [-0.3, -0.25) is 4.79 Å². The molecule has 9 nitrogen and oxygen atoms in total. The van der Waals surface area contributed by atoms with E-state index in [0.717, 1.165) is 44.1 Å². The molecule has 0 saturated heterocycles. The molecule has 3 heterocycles. The fraction of sp³-hybridized carbons (Fsp3) is 0.316. The van der Waals surface area contributed by atoms with E-state index in [2.05, 4.69) is 20.2 Å². The number of halogens is 1. The zero-order valence-corrected chi connectivity index (χ0v) is 17.0. The maximum Gasteiger partial charge on any atom is 0.291 e. The molecule has 11 heteroatoms. The van der Waals surface area contributed by atoms with Crippen LogP contribution < -0.4 is 10.0 Å². The molecule has 0 saturated carbocycles. The van der Waals surface area contributed by atoms with E-state index in [1.165, 1.54) is 25.2 Å². The van der Waals surface area contributed by atoms with Crippen LogP contribution in [0.4, 0.5) is 10.1 Å². The van der Waals surface area contributed by atoms with Crippen molar-refractivity contribution in [2.24, 2.45) is 0 Å². The number of carbonyl (C=O) groups excluding carboxylic acids is 1. The van der Waals surface area contributed by atoms with Crippen LogP contribution in [0, 0.1) is 5.82 Å². The Kier molecular flexibility index (Phi) is 5.39. The minimum Gasteiger partial charge on any atom is -0.438 e. The van der Waals surface area contributed by atoms with Crippen LogP contribution in [0.25, 0.3) is 11.4 Å². The molecule has 0 spiro atoms. The first kappa shape index (κ1) is 20.2. The van der Waals surface area contributed by atoms with E-state index in [-0.39, 0.29) is 11.4 Å². The molecule has 0 fully saturated rings. The summed E-state index contributed by atoms with van der Waals surface area (Å²) in [5.41, 5.74) is 0.545. The number of aromatic nitrogens is 3. The Morgan fingerprint density at radius 2 is 2.00 bits per heavy atom. The molecule has 4 rings (SSSR count). The Morgan fingerprint density at radius 3 is 2.80 bits per heavy atom. The van der Waals surface area contributed by atoms with Gasteiger partial charge in [-0.05, 0) is 50.2 Å². The van der Waals surface area contributed by atoms with Gasteiger partial charge in [-0.2, -0.15) is 0 Å². The number of rotatable bonds is 5. The van der Waals surface area contributed by atoms with E-state index in [0.29, 0.717) is 11.4 Å². The SMILES string of the molecule is CNS(=O)(=O)c1ccc(C(=O)Nc2cc(-c3nnc4n3CCCCC4)ccc2F)o1. The lowest BCUT2D eigenvalue weighted by molar-refractivity contribution is 0.0991. The summed E-state index contributed by atoms with van der Waals surface area (Å²) in [5.74, 6) is -0.167. The molecule has 30 heavy (non-hydrogen) atoms. The molecule has 0 bridgehead atoms. The molecule has 1 aliphatic heterocycles. The van der Waals surface area contributed by atoms with E-state index >= 15 is 0 Å². The first-order valence-electron chi connectivity index (χ1n) is 9.46. The maximum absolute atomic E-state index is 14.3. The van der Waals surface area contributed by atoms with E-state index in [1.54, 1.807) is 6.07 Å². The number of amides is 1. The van der Waals surface area contributed by atoms with Gasteiger partial charge in [0.1, 0.15) is 11.6 Å². The molecule has 1 amide bonds. The summed E-state index contributed by atoms with van der Waals surface area (Å²) in [5, 5.41) is 10.5. The van der Waals surface area contributed by atoms with Crippen LogP contribution in [0.2, 0.25) is 0 Å². The predicted octanol–water partition coefficient (Wildman–Crippen LogP) is 2.56. The third-order valence-corrected chi connectivity index (χ3v) is 6.21. The van der Waals surface area contributed by atoms with Gasteiger partial charge < -0.3 is 14.3 Å². The second-order valence-electron chi connectivity index (χ2n) is 6.88. The van der Waals surface area contributed by atoms with Gasteiger partial charge in [-0.25, -0.2) is 17.5 Å². The van der Waals surface area contributed by atoms with Crippen LogP contribution in [0.3, 0.4) is 0 Å². The van der Waals surface area contributed by atoms with E-state index in [9.17, 15) is 17.6 Å². The van der Waals surface area contributed by atoms with Crippen molar-refractivity contribution in [3.63, 3.8) is 0 Å². The van der Waals surface area contributed by atoms with E-state index < -0.39 is 26.8 Å². The summed E-state index contributed by atoms with van der Waals surface area (Å²) in [6, 6.07) is 6.66. The van der Waals surface area contributed by atoms with Gasteiger partial charge in [0.15, 0.2) is 11.6 Å². The topological polar surface area (TPSA) is 119 Å².